The van der Waals surface area contributed by atoms with Crippen LogP contribution in [0.25, 0.3) is 0 Å². The summed E-state index contributed by atoms with van der Waals surface area (Å²) in [6.07, 6.45) is 1.22. The molecule has 3 amide bonds. The summed E-state index contributed by atoms with van der Waals surface area (Å²) in [5.74, 6) is 0.954. The molecule has 2 heterocycles. The molecule has 11 heteroatoms. The number of carbonyl (C=O) groups is 2. The Balaban J connectivity index is 1.63. The predicted octanol–water partition coefficient (Wildman–Crippen LogP) is 3.79. The average Bonchev–Trinajstić information content (AvgIpc) is 3.43. The van der Waals surface area contributed by atoms with Gasteiger partial charge >= 0.3 is 6.03 Å². The molecule has 1 N–H and O–H groups in total. The van der Waals surface area contributed by atoms with Gasteiger partial charge in [-0.3, -0.25) is 9.69 Å². The van der Waals surface area contributed by atoms with Crippen molar-refractivity contribution in [3.05, 3.63) is 58.6 Å². The first-order valence-corrected chi connectivity index (χ1v) is 14.0. The molecule has 2 aromatic rings. The van der Waals surface area contributed by atoms with Gasteiger partial charge in [0.2, 0.25) is 0 Å². The van der Waals surface area contributed by atoms with Crippen LogP contribution in [-0.2, 0) is 9.53 Å². The SMILES string of the molecule is CCCNC(=O)N(CCN1CCOCC1)CC(=O)N1N=C(c2ccccc2Cl)CC1c1cc(OC)ccc1OC. The van der Waals surface area contributed by atoms with Crippen LogP contribution in [-0.4, -0.2) is 99.2 Å². The second-order valence-electron chi connectivity index (χ2n) is 9.70. The molecule has 10 nitrogen and oxygen atoms in total. The van der Waals surface area contributed by atoms with E-state index in [1.165, 1.54) is 5.01 Å². The van der Waals surface area contributed by atoms with Crippen LogP contribution in [0.3, 0.4) is 0 Å². The van der Waals surface area contributed by atoms with Crippen LogP contribution in [0.15, 0.2) is 47.6 Å². The summed E-state index contributed by atoms with van der Waals surface area (Å²) in [5.41, 5.74) is 2.21. The molecule has 1 fully saturated rings. The van der Waals surface area contributed by atoms with E-state index in [1.54, 1.807) is 25.2 Å². The molecule has 2 aliphatic rings. The van der Waals surface area contributed by atoms with Gasteiger partial charge in [0.05, 0.1) is 39.2 Å². The quantitative estimate of drug-likeness (QED) is 0.441. The molecule has 2 aliphatic heterocycles. The largest absolute Gasteiger partial charge is 0.497 e. The predicted molar refractivity (Wildman–Crippen MR) is 154 cm³/mol. The number of morpholine rings is 1. The second kappa shape index (κ2) is 14.3. The van der Waals surface area contributed by atoms with E-state index in [1.807, 2.05) is 43.3 Å². The molecule has 1 saturated heterocycles. The Morgan fingerprint density at radius 1 is 1.15 bits per heavy atom. The van der Waals surface area contributed by atoms with Crippen LogP contribution in [0.1, 0.15) is 36.9 Å². The monoisotopic (exact) mass is 571 g/mol. The van der Waals surface area contributed by atoms with Gasteiger partial charge in [-0.15, -0.1) is 0 Å². The molecule has 0 radical (unpaired) electrons. The number of nitrogens with one attached hydrogen (secondary N) is 1. The van der Waals surface area contributed by atoms with Gasteiger partial charge in [-0.25, -0.2) is 9.80 Å². The number of amides is 3. The van der Waals surface area contributed by atoms with Gasteiger partial charge in [-0.05, 0) is 30.7 Å². The zero-order chi connectivity index (χ0) is 28.5. The fourth-order valence-corrected chi connectivity index (χ4v) is 5.10. The first-order chi connectivity index (χ1) is 19.4. The number of rotatable bonds is 11. The number of hydrazone groups is 1. The summed E-state index contributed by atoms with van der Waals surface area (Å²) in [6, 6.07) is 12.2. The highest BCUT2D eigenvalue weighted by atomic mass is 35.5. The minimum absolute atomic E-state index is 0.123. The van der Waals surface area contributed by atoms with Crippen molar-refractivity contribution in [3.8, 4) is 11.5 Å². The van der Waals surface area contributed by atoms with Crippen molar-refractivity contribution in [2.75, 3.05) is 66.7 Å². The maximum absolute atomic E-state index is 13.9. The van der Waals surface area contributed by atoms with Crippen molar-refractivity contribution < 1.29 is 23.8 Å². The highest BCUT2D eigenvalue weighted by Crippen LogP contribution is 2.40. The Labute approximate surface area is 240 Å². The first-order valence-electron chi connectivity index (χ1n) is 13.6. The Bertz CT molecular complexity index is 1200. The van der Waals surface area contributed by atoms with E-state index >= 15 is 0 Å². The van der Waals surface area contributed by atoms with Crippen molar-refractivity contribution in [1.29, 1.82) is 0 Å². The lowest BCUT2D eigenvalue weighted by Crippen LogP contribution is -2.49. The summed E-state index contributed by atoms with van der Waals surface area (Å²) in [4.78, 5) is 30.8. The lowest BCUT2D eigenvalue weighted by atomic mass is 9.97. The number of benzene rings is 2. The minimum Gasteiger partial charge on any atom is -0.497 e. The highest BCUT2D eigenvalue weighted by molar-refractivity contribution is 6.34. The summed E-state index contributed by atoms with van der Waals surface area (Å²) < 4.78 is 16.6. The van der Waals surface area contributed by atoms with Gasteiger partial charge in [0.25, 0.3) is 5.91 Å². The van der Waals surface area contributed by atoms with E-state index in [-0.39, 0.29) is 18.5 Å². The number of hydrogen-bond acceptors (Lipinski definition) is 7. The minimum atomic E-state index is -0.469. The summed E-state index contributed by atoms with van der Waals surface area (Å²) in [5, 5.41) is 9.70. The highest BCUT2D eigenvalue weighted by Gasteiger charge is 2.36. The first kappa shape index (κ1) is 29.6. The van der Waals surface area contributed by atoms with Gasteiger partial charge in [0, 0.05) is 55.3 Å². The fourth-order valence-electron chi connectivity index (χ4n) is 4.86. The molecule has 2 aromatic carbocycles. The Morgan fingerprint density at radius 2 is 1.93 bits per heavy atom. The summed E-state index contributed by atoms with van der Waals surface area (Å²) in [6.45, 7) is 6.38. The van der Waals surface area contributed by atoms with Crippen molar-refractivity contribution in [1.82, 2.24) is 20.1 Å². The van der Waals surface area contributed by atoms with E-state index < -0.39 is 6.04 Å². The normalized spacial score (nSPS) is 17.4. The van der Waals surface area contributed by atoms with Gasteiger partial charge < -0.3 is 24.4 Å². The molecule has 40 heavy (non-hydrogen) atoms. The average molecular weight is 572 g/mol. The van der Waals surface area contributed by atoms with Crippen molar-refractivity contribution >= 4 is 29.3 Å². The van der Waals surface area contributed by atoms with Gasteiger partial charge in [0.15, 0.2) is 0 Å². The Kier molecular flexibility index (Phi) is 10.6. The number of carbonyl (C=O) groups excluding carboxylic acids is 2. The third-order valence-corrected chi connectivity index (χ3v) is 7.41. The Hall–Kier alpha value is -3.34. The van der Waals surface area contributed by atoms with Crippen molar-refractivity contribution in [3.63, 3.8) is 0 Å². The summed E-state index contributed by atoms with van der Waals surface area (Å²) >= 11 is 6.52. The van der Waals surface area contributed by atoms with E-state index in [0.29, 0.717) is 61.5 Å². The molecule has 0 saturated carbocycles. The van der Waals surface area contributed by atoms with Crippen LogP contribution in [0.4, 0.5) is 4.79 Å². The lowest BCUT2D eigenvalue weighted by Gasteiger charge is -2.31. The van der Waals surface area contributed by atoms with Crippen molar-refractivity contribution in [2.45, 2.75) is 25.8 Å². The maximum Gasteiger partial charge on any atom is 0.317 e. The molecular weight excluding hydrogens is 534 g/mol. The molecule has 216 valence electrons. The van der Waals surface area contributed by atoms with Crippen LogP contribution in [0.5, 0.6) is 11.5 Å². The van der Waals surface area contributed by atoms with Gasteiger partial charge in [0.1, 0.15) is 18.0 Å². The van der Waals surface area contributed by atoms with Crippen LogP contribution < -0.4 is 14.8 Å². The molecular formula is C29H38ClN5O5. The molecule has 1 unspecified atom stereocenters. The van der Waals surface area contributed by atoms with Crippen LogP contribution in [0, 0.1) is 0 Å². The number of methoxy groups -OCH3 is 2. The molecule has 0 spiro atoms. The topological polar surface area (TPSA) is 95.9 Å². The smallest absolute Gasteiger partial charge is 0.317 e. The molecule has 4 rings (SSSR count). The number of urea groups is 1. The molecule has 1 atom stereocenters. The summed E-state index contributed by atoms with van der Waals surface area (Å²) in [7, 11) is 3.18. The number of halogens is 1. The van der Waals surface area contributed by atoms with Gasteiger partial charge in [-0.1, -0.05) is 36.7 Å². The second-order valence-corrected chi connectivity index (χ2v) is 10.1. The lowest BCUT2D eigenvalue weighted by molar-refractivity contribution is -0.133. The maximum atomic E-state index is 13.9. The number of hydrogen-bond donors (Lipinski definition) is 1. The molecule has 0 bridgehead atoms. The van der Waals surface area contributed by atoms with Crippen LogP contribution in [0.2, 0.25) is 5.02 Å². The third-order valence-electron chi connectivity index (χ3n) is 7.08. The standard InChI is InChI=1S/C29H38ClN5O5/c1-4-11-31-29(37)34(13-12-33-14-16-40-17-15-33)20-28(36)35-26(23-18-21(38-2)9-10-27(23)39-3)19-25(32-35)22-7-5-6-8-24(22)30/h5-10,18,26H,4,11-17,19-20H2,1-3H3,(H,31,37). The number of nitrogens with zero attached hydrogens (tertiary/aromatic N) is 4. The number of ether oxygens (including phenoxy) is 3. The van der Waals surface area contributed by atoms with E-state index in [0.717, 1.165) is 30.6 Å². The van der Waals surface area contributed by atoms with Crippen molar-refractivity contribution in [2.24, 2.45) is 5.10 Å². The van der Waals surface area contributed by atoms with Gasteiger partial charge in [-0.2, -0.15) is 5.10 Å². The van der Waals surface area contributed by atoms with Crippen LogP contribution >= 0.6 is 11.6 Å². The van der Waals surface area contributed by atoms with E-state index in [2.05, 4.69) is 10.2 Å². The zero-order valence-electron chi connectivity index (χ0n) is 23.4. The zero-order valence-corrected chi connectivity index (χ0v) is 24.2. The molecule has 0 aliphatic carbocycles. The van der Waals surface area contributed by atoms with E-state index in [4.69, 9.17) is 30.9 Å². The Morgan fingerprint density at radius 3 is 2.62 bits per heavy atom. The fraction of sp³-hybridized carbons (Fsp3) is 0.483. The third kappa shape index (κ3) is 7.24. The molecule has 0 aromatic heterocycles. The van der Waals surface area contributed by atoms with E-state index in [9.17, 15) is 9.59 Å².